The number of aryl methyl sites for hydroxylation is 8. The zero-order valence-corrected chi connectivity index (χ0v) is 44.8. The number of hydrogen-bond donors (Lipinski definition) is 0. The Morgan fingerprint density at radius 3 is 0.934 bits per heavy atom. The first-order valence-corrected chi connectivity index (χ1v) is 26.6. The average molecular weight is 979 g/mol. The van der Waals surface area contributed by atoms with Crippen LogP contribution in [-0.2, 0) is 0 Å². The van der Waals surface area contributed by atoms with Gasteiger partial charge in [-0.1, -0.05) is 204 Å². The molecule has 0 unspecified atom stereocenters. The van der Waals surface area contributed by atoms with Crippen molar-refractivity contribution < 1.29 is 0 Å². The van der Waals surface area contributed by atoms with Crippen LogP contribution in [0.2, 0.25) is 0 Å². The maximum Gasteiger partial charge on any atom is 0.0547 e. The summed E-state index contributed by atoms with van der Waals surface area (Å²) in [5.41, 5.74) is 30.3. The second-order valence-electron chi connectivity index (χ2n) is 21.1. The third-order valence-electron chi connectivity index (χ3n) is 15.5. The van der Waals surface area contributed by atoms with Gasteiger partial charge >= 0.3 is 0 Å². The van der Waals surface area contributed by atoms with E-state index in [4.69, 9.17) is 0 Å². The number of hydrogen-bond acceptors (Lipinski definition) is 0. The van der Waals surface area contributed by atoms with E-state index in [1.165, 1.54) is 155 Å². The van der Waals surface area contributed by atoms with Crippen LogP contribution in [0.4, 0.5) is 0 Å². The Morgan fingerprint density at radius 2 is 0.513 bits per heavy atom. The molecule has 0 aliphatic heterocycles. The predicted octanol–water partition coefficient (Wildman–Crippen LogP) is 20.4. The smallest absolute Gasteiger partial charge is 0.0547 e. The molecule has 11 aromatic carbocycles. The molecule has 0 aliphatic carbocycles. The molecule has 0 N–H and O–H groups in total. The maximum atomic E-state index is 2.46. The van der Waals surface area contributed by atoms with E-state index in [0.29, 0.717) is 0 Å². The van der Waals surface area contributed by atoms with Crippen LogP contribution in [0, 0.1) is 55.4 Å². The van der Waals surface area contributed by atoms with Crippen LogP contribution in [0.1, 0.15) is 44.5 Å². The first-order valence-electron chi connectivity index (χ1n) is 26.6. The molecule has 0 atom stereocenters. The van der Waals surface area contributed by atoms with Gasteiger partial charge in [0.25, 0.3) is 0 Å². The Labute approximate surface area is 447 Å². The predicted molar refractivity (Wildman–Crippen MR) is 327 cm³/mol. The van der Waals surface area contributed by atoms with Crippen molar-refractivity contribution in [1.29, 1.82) is 0 Å². The zero-order chi connectivity index (χ0) is 52.2. The van der Waals surface area contributed by atoms with Crippen LogP contribution in [0.3, 0.4) is 0 Å². The number of fused-ring (bicyclic) bond motifs is 6. The normalized spacial score (nSPS) is 11.4. The number of para-hydroxylation sites is 1. The van der Waals surface area contributed by atoms with Crippen molar-refractivity contribution in [3.05, 3.63) is 275 Å². The van der Waals surface area contributed by atoms with Crippen LogP contribution < -0.4 is 0 Å². The minimum atomic E-state index is 1.17. The molecule has 0 bridgehead atoms. The highest BCUT2D eigenvalue weighted by Crippen LogP contribution is 2.41. The fourth-order valence-corrected chi connectivity index (χ4v) is 12.1. The highest BCUT2D eigenvalue weighted by molar-refractivity contribution is 6.12. The lowest BCUT2D eigenvalue weighted by Crippen LogP contribution is -1.96. The monoisotopic (exact) mass is 978 g/mol. The fraction of sp³-hybridized carbons (Fsp3) is 0.108. The summed E-state index contributed by atoms with van der Waals surface area (Å²) in [7, 11) is 0. The van der Waals surface area contributed by atoms with E-state index in [0.717, 1.165) is 0 Å². The Balaban J connectivity index is 0.000000155. The Bertz CT molecular complexity index is 4270. The first kappa shape index (κ1) is 48.0. The van der Waals surface area contributed by atoms with Crippen molar-refractivity contribution >= 4 is 43.6 Å². The van der Waals surface area contributed by atoms with Gasteiger partial charge in [-0.05, 0) is 182 Å². The molecule has 0 fully saturated rings. The van der Waals surface area contributed by atoms with Crippen molar-refractivity contribution in [2.24, 2.45) is 0 Å². The number of rotatable bonds is 7. The van der Waals surface area contributed by atoms with E-state index in [9.17, 15) is 0 Å². The van der Waals surface area contributed by atoms with Gasteiger partial charge in [0.05, 0.1) is 22.1 Å². The molecule has 13 aromatic rings. The van der Waals surface area contributed by atoms with Crippen LogP contribution in [-0.4, -0.2) is 9.13 Å². The van der Waals surface area contributed by atoms with Crippen LogP contribution in [0.15, 0.2) is 231 Å². The van der Waals surface area contributed by atoms with Crippen LogP contribution in [0.5, 0.6) is 0 Å². The molecular formula is C74H62N2. The third kappa shape index (κ3) is 8.90. The quantitative estimate of drug-likeness (QED) is 0.151. The number of nitrogens with zero attached hydrogens (tertiary/aromatic N) is 2. The molecule has 2 heteroatoms. The molecule has 0 amide bonds. The summed E-state index contributed by atoms with van der Waals surface area (Å²) in [6.07, 6.45) is 0. The van der Waals surface area contributed by atoms with Crippen LogP contribution >= 0.6 is 0 Å². The van der Waals surface area contributed by atoms with Gasteiger partial charge < -0.3 is 9.13 Å². The van der Waals surface area contributed by atoms with E-state index < -0.39 is 0 Å². The van der Waals surface area contributed by atoms with E-state index >= 15 is 0 Å². The van der Waals surface area contributed by atoms with Crippen molar-refractivity contribution in [3.8, 4) is 67.0 Å². The molecule has 0 radical (unpaired) electrons. The van der Waals surface area contributed by atoms with Gasteiger partial charge in [0.1, 0.15) is 0 Å². The minimum Gasteiger partial charge on any atom is -0.309 e. The standard InChI is InChI=1S/C40H33N.C34H29N/c1-26-13-15-31(16-14-26)33-17-19-36-37-20-18-34(40-28(3)21-27(2)22-29(40)4)25-39(37)41(38(36)24-33)35-12-8-11-32(23-35)30-9-6-5-7-10-30;1-22-10-12-26(13-11-22)27-14-16-30-31-17-15-28(34-24(3)18-23(2)19-25(34)4)21-33(31)35(32(30)20-27)29-8-6-5-7-9-29/h5-25H,1-4H3;5-21H,1-4H3. The van der Waals surface area contributed by atoms with Gasteiger partial charge in [-0.2, -0.15) is 0 Å². The number of aromatic nitrogens is 2. The van der Waals surface area contributed by atoms with E-state index in [2.05, 4.69) is 295 Å². The highest BCUT2D eigenvalue weighted by Gasteiger charge is 2.19. The van der Waals surface area contributed by atoms with Gasteiger partial charge in [0.2, 0.25) is 0 Å². The first-order chi connectivity index (χ1) is 36.9. The summed E-state index contributed by atoms with van der Waals surface area (Å²) >= 11 is 0. The molecule has 0 aliphatic rings. The summed E-state index contributed by atoms with van der Waals surface area (Å²) in [4.78, 5) is 0. The average Bonchev–Trinajstić information content (AvgIpc) is 3.95. The highest BCUT2D eigenvalue weighted by atomic mass is 15.0. The summed E-state index contributed by atoms with van der Waals surface area (Å²) in [5.74, 6) is 0. The molecular weight excluding hydrogens is 917 g/mol. The summed E-state index contributed by atoms with van der Waals surface area (Å²) in [6.45, 7) is 17.5. The van der Waals surface area contributed by atoms with E-state index in [1.807, 2.05) is 0 Å². The van der Waals surface area contributed by atoms with Crippen molar-refractivity contribution in [3.63, 3.8) is 0 Å². The van der Waals surface area contributed by atoms with Crippen LogP contribution in [0.25, 0.3) is 111 Å². The molecule has 76 heavy (non-hydrogen) atoms. The summed E-state index contributed by atoms with van der Waals surface area (Å²) < 4.78 is 4.88. The SMILES string of the molecule is Cc1ccc(-c2ccc3c4ccc(-c5c(C)cc(C)cc5C)cc4n(-c4cccc(-c5ccccc5)c4)c3c2)cc1.Cc1ccc(-c2ccc3c4ccc(-c5c(C)cc(C)cc5C)cc4n(-c4ccccc4)c3c2)cc1. The van der Waals surface area contributed by atoms with Gasteiger partial charge in [0.15, 0.2) is 0 Å². The topological polar surface area (TPSA) is 9.86 Å². The van der Waals surface area contributed by atoms with Crippen molar-refractivity contribution in [2.45, 2.75) is 55.4 Å². The van der Waals surface area contributed by atoms with Gasteiger partial charge in [-0.25, -0.2) is 0 Å². The van der Waals surface area contributed by atoms with Gasteiger partial charge in [-0.15, -0.1) is 0 Å². The molecule has 2 nitrogen and oxygen atoms in total. The Hall–Kier alpha value is -8.98. The molecule has 0 saturated carbocycles. The summed E-state index contributed by atoms with van der Waals surface area (Å²) in [6, 6.07) is 84.9. The summed E-state index contributed by atoms with van der Waals surface area (Å²) in [5, 5.41) is 5.10. The minimum absolute atomic E-state index is 1.17. The Kier molecular flexibility index (Phi) is 12.4. The third-order valence-corrected chi connectivity index (χ3v) is 15.5. The van der Waals surface area contributed by atoms with Crippen molar-refractivity contribution in [2.75, 3.05) is 0 Å². The maximum absolute atomic E-state index is 2.46. The second kappa shape index (κ2) is 19.7. The van der Waals surface area contributed by atoms with Gasteiger partial charge in [0, 0.05) is 32.9 Å². The van der Waals surface area contributed by atoms with E-state index in [1.54, 1.807) is 0 Å². The Morgan fingerprint density at radius 1 is 0.211 bits per heavy atom. The molecule has 2 heterocycles. The zero-order valence-electron chi connectivity index (χ0n) is 44.8. The molecule has 0 spiro atoms. The van der Waals surface area contributed by atoms with Crippen molar-refractivity contribution in [1.82, 2.24) is 9.13 Å². The lowest BCUT2D eigenvalue weighted by atomic mass is 9.93. The lowest BCUT2D eigenvalue weighted by molar-refractivity contribution is 1.18. The largest absolute Gasteiger partial charge is 0.309 e. The molecule has 368 valence electrons. The van der Waals surface area contributed by atoms with E-state index in [-0.39, 0.29) is 0 Å². The molecule has 0 saturated heterocycles. The number of benzene rings is 11. The van der Waals surface area contributed by atoms with Gasteiger partial charge in [-0.3, -0.25) is 0 Å². The fourth-order valence-electron chi connectivity index (χ4n) is 12.1. The molecule has 2 aromatic heterocycles. The second-order valence-corrected chi connectivity index (χ2v) is 21.1. The molecule has 13 rings (SSSR count). The lowest BCUT2D eigenvalue weighted by Gasteiger charge is -2.14.